The van der Waals surface area contributed by atoms with Crippen molar-refractivity contribution in [3.05, 3.63) is 35.9 Å². The van der Waals surface area contributed by atoms with Gasteiger partial charge in [-0.15, -0.1) is 0 Å². The molecule has 0 amide bonds. The summed E-state index contributed by atoms with van der Waals surface area (Å²) in [5, 5.41) is 8.55. The smallest absolute Gasteiger partial charge is 0.303 e. The molecule has 0 aliphatic carbocycles. The molecule has 1 rings (SSSR count). The molecule has 0 aliphatic heterocycles. The summed E-state index contributed by atoms with van der Waals surface area (Å²) < 4.78 is 5.65. The van der Waals surface area contributed by atoms with E-state index in [4.69, 9.17) is 9.84 Å². The van der Waals surface area contributed by atoms with Crippen LogP contribution in [0.5, 0.6) is 0 Å². The average molecular weight is 363 g/mol. The van der Waals surface area contributed by atoms with Crippen LogP contribution in [-0.4, -0.2) is 23.5 Å². The largest absolute Gasteiger partial charge is 0.481 e. The zero-order chi connectivity index (χ0) is 18.9. The molecule has 0 spiro atoms. The maximum absolute atomic E-state index is 11.8. The Kier molecular flexibility index (Phi) is 13.4. The molecule has 146 valence electrons. The van der Waals surface area contributed by atoms with Gasteiger partial charge in [0.05, 0.1) is 6.61 Å². The van der Waals surface area contributed by atoms with Gasteiger partial charge in [0.1, 0.15) is 5.78 Å². The lowest BCUT2D eigenvalue weighted by atomic mass is 10.0. The lowest BCUT2D eigenvalue weighted by molar-refractivity contribution is -0.137. The van der Waals surface area contributed by atoms with E-state index < -0.39 is 5.97 Å². The Morgan fingerprint density at radius 3 is 1.88 bits per heavy atom. The van der Waals surface area contributed by atoms with Crippen LogP contribution in [0.25, 0.3) is 0 Å². The van der Waals surface area contributed by atoms with Crippen molar-refractivity contribution in [3.8, 4) is 0 Å². The van der Waals surface area contributed by atoms with Gasteiger partial charge in [-0.1, -0.05) is 62.4 Å². The van der Waals surface area contributed by atoms with E-state index in [-0.39, 0.29) is 6.42 Å². The number of hydrogen-bond donors (Lipinski definition) is 1. The number of carboxylic acid groups (broad SMARTS) is 1. The Labute approximate surface area is 158 Å². The molecule has 26 heavy (non-hydrogen) atoms. The Bertz CT molecular complexity index is 484. The molecule has 4 heteroatoms. The molecule has 4 nitrogen and oxygen atoms in total. The summed E-state index contributed by atoms with van der Waals surface area (Å²) in [4.78, 5) is 22.2. The first-order valence-corrected chi connectivity index (χ1v) is 10.0. The first kappa shape index (κ1) is 22.4. The van der Waals surface area contributed by atoms with Crippen LogP contribution in [0.2, 0.25) is 0 Å². The van der Waals surface area contributed by atoms with E-state index in [0.29, 0.717) is 25.2 Å². The van der Waals surface area contributed by atoms with Crippen LogP contribution >= 0.6 is 0 Å². The van der Waals surface area contributed by atoms with Crippen molar-refractivity contribution in [2.75, 3.05) is 6.61 Å². The number of Topliss-reactive ketones (excluding diaryl/α,β-unsaturated/α-hetero) is 1. The number of carbonyl (C=O) groups is 2. The standard InChI is InChI=1S/C22H34O4/c23-21(15-9-2-1-3-11-17-22(24)25)16-10-4-5-12-18-26-19-20-13-7-6-8-14-20/h6-8,13-14H,1-5,9-12,15-19H2,(H,24,25). The highest BCUT2D eigenvalue weighted by atomic mass is 16.5. The predicted octanol–water partition coefficient (Wildman–Crippen LogP) is 5.54. The third-order valence-electron chi connectivity index (χ3n) is 4.45. The zero-order valence-corrected chi connectivity index (χ0v) is 16.0. The van der Waals surface area contributed by atoms with E-state index >= 15 is 0 Å². The Balaban J connectivity index is 1.81. The van der Waals surface area contributed by atoms with Gasteiger partial charge >= 0.3 is 5.97 Å². The quantitative estimate of drug-likeness (QED) is 0.370. The second kappa shape index (κ2) is 15.6. The molecule has 1 aromatic carbocycles. The minimum atomic E-state index is -0.720. The van der Waals surface area contributed by atoms with Crippen LogP contribution < -0.4 is 0 Å². The van der Waals surface area contributed by atoms with Crippen molar-refractivity contribution >= 4 is 11.8 Å². The summed E-state index contributed by atoms with van der Waals surface area (Å²) in [5.74, 6) is -0.348. The minimum Gasteiger partial charge on any atom is -0.481 e. The second-order valence-corrected chi connectivity index (χ2v) is 6.90. The van der Waals surface area contributed by atoms with E-state index in [1.807, 2.05) is 18.2 Å². The number of benzene rings is 1. The summed E-state index contributed by atoms with van der Waals surface area (Å²) >= 11 is 0. The highest BCUT2D eigenvalue weighted by molar-refractivity contribution is 5.78. The van der Waals surface area contributed by atoms with Gasteiger partial charge in [-0.2, -0.15) is 0 Å². The van der Waals surface area contributed by atoms with Gasteiger partial charge in [-0.3, -0.25) is 9.59 Å². The Hall–Kier alpha value is -1.68. The maximum Gasteiger partial charge on any atom is 0.303 e. The number of unbranched alkanes of at least 4 members (excludes halogenated alkanes) is 7. The first-order valence-electron chi connectivity index (χ1n) is 10.0. The molecule has 0 fully saturated rings. The molecule has 1 aromatic rings. The lowest BCUT2D eigenvalue weighted by Crippen LogP contribution is -1.99. The first-order chi connectivity index (χ1) is 12.7. The maximum atomic E-state index is 11.8. The van der Waals surface area contributed by atoms with Gasteiger partial charge in [0.15, 0.2) is 0 Å². The minimum absolute atomic E-state index is 0.260. The van der Waals surface area contributed by atoms with Crippen molar-refractivity contribution < 1.29 is 19.4 Å². The van der Waals surface area contributed by atoms with Crippen LogP contribution in [-0.2, 0) is 20.9 Å². The highest BCUT2D eigenvalue weighted by Crippen LogP contribution is 2.11. The van der Waals surface area contributed by atoms with Crippen LogP contribution in [0.15, 0.2) is 30.3 Å². The van der Waals surface area contributed by atoms with Crippen LogP contribution in [0.3, 0.4) is 0 Å². The number of ether oxygens (including phenoxy) is 1. The van der Waals surface area contributed by atoms with Gasteiger partial charge in [0.25, 0.3) is 0 Å². The molecule has 0 aromatic heterocycles. The van der Waals surface area contributed by atoms with E-state index in [9.17, 15) is 9.59 Å². The lowest BCUT2D eigenvalue weighted by Gasteiger charge is -2.05. The normalized spacial score (nSPS) is 10.8. The molecule has 0 radical (unpaired) electrons. The van der Waals surface area contributed by atoms with Crippen molar-refractivity contribution in [1.29, 1.82) is 0 Å². The molecule has 0 unspecified atom stereocenters. The third kappa shape index (κ3) is 13.6. The number of ketones is 1. The number of aliphatic carboxylic acids is 1. The topological polar surface area (TPSA) is 63.6 Å². The van der Waals surface area contributed by atoms with E-state index in [0.717, 1.165) is 64.4 Å². The van der Waals surface area contributed by atoms with Gasteiger partial charge < -0.3 is 9.84 Å². The van der Waals surface area contributed by atoms with E-state index in [2.05, 4.69) is 12.1 Å². The number of rotatable bonds is 17. The van der Waals surface area contributed by atoms with Crippen LogP contribution in [0.1, 0.15) is 82.6 Å². The molecular weight excluding hydrogens is 328 g/mol. The molecule has 0 atom stereocenters. The summed E-state index contributed by atoms with van der Waals surface area (Å²) in [5.41, 5.74) is 1.21. The number of carbonyl (C=O) groups excluding carboxylic acids is 1. The summed E-state index contributed by atoms with van der Waals surface area (Å²) in [6.07, 6.45) is 10.6. The summed E-state index contributed by atoms with van der Waals surface area (Å²) in [6.45, 7) is 1.46. The van der Waals surface area contributed by atoms with Crippen molar-refractivity contribution in [3.63, 3.8) is 0 Å². The fraction of sp³-hybridized carbons (Fsp3) is 0.636. The fourth-order valence-electron chi connectivity index (χ4n) is 2.90. The van der Waals surface area contributed by atoms with Crippen molar-refractivity contribution in [1.82, 2.24) is 0 Å². The summed E-state index contributed by atoms with van der Waals surface area (Å²) in [6, 6.07) is 10.2. The second-order valence-electron chi connectivity index (χ2n) is 6.90. The molecule has 0 heterocycles. The fourth-order valence-corrected chi connectivity index (χ4v) is 2.90. The predicted molar refractivity (Wildman–Crippen MR) is 104 cm³/mol. The van der Waals surface area contributed by atoms with Gasteiger partial charge in [0, 0.05) is 25.9 Å². The highest BCUT2D eigenvalue weighted by Gasteiger charge is 2.02. The molecule has 1 N–H and O–H groups in total. The van der Waals surface area contributed by atoms with E-state index in [1.54, 1.807) is 0 Å². The molecular formula is C22H34O4. The van der Waals surface area contributed by atoms with E-state index in [1.165, 1.54) is 5.56 Å². The van der Waals surface area contributed by atoms with Gasteiger partial charge in [-0.05, 0) is 31.2 Å². The monoisotopic (exact) mass is 362 g/mol. The Morgan fingerprint density at radius 1 is 0.731 bits per heavy atom. The zero-order valence-electron chi connectivity index (χ0n) is 16.0. The Morgan fingerprint density at radius 2 is 1.27 bits per heavy atom. The van der Waals surface area contributed by atoms with Crippen molar-refractivity contribution in [2.24, 2.45) is 0 Å². The number of carboxylic acids is 1. The molecule has 0 saturated heterocycles. The summed E-state index contributed by atoms with van der Waals surface area (Å²) in [7, 11) is 0. The molecule has 0 saturated carbocycles. The number of hydrogen-bond acceptors (Lipinski definition) is 3. The van der Waals surface area contributed by atoms with Crippen LogP contribution in [0, 0.1) is 0 Å². The molecule has 0 bridgehead atoms. The van der Waals surface area contributed by atoms with Crippen molar-refractivity contribution in [2.45, 2.75) is 83.7 Å². The van der Waals surface area contributed by atoms with Gasteiger partial charge in [0.2, 0.25) is 0 Å². The SMILES string of the molecule is O=C(O)CCCCCCCC(=O)CCCCCCOCc1ccccc1. The van der Waals surface area contributed by atoms with Gasteiger partial charge in [-0.25, -0.2) is 0 Å². The molecule has 0 aliphatic rings. The average Bonchev–Trinajstić information content (AvgIpc) is 2.63. The third-order valence-corrected chi connectivity index (χ3v) is 4.45. The van der Waals surface area contributed by atoms with Crippen LogP contribution in [0.4, 0.5) is 0 Å².